The van der Waals surface area contributed by atoms with E-state index >= 15 is 0 Å². The highest BCUT2D eigenvalue weighted by molar-refractivity contribution is 9.10. The third kappa shape index (κ3) is 3.64. The lowest BCUT2D eigenvalue weighted by Gasteiger charge is -2.29. The SMILES string of the molecule is CC(CO)(NC(=O)c1ccc(Br)c(Cl)c1)c1ccccc1. The molecule has 0 spiro atoms. The molecule has 0 saturated heterocycles. The van der Waals surface area contributed by atoms with E-state index in [1.807, 2.05) is 30.3 Å². The number of nitrogens with one attached hydrogen (secondary N) is 1. The summed E-state index contributed by atoms with van der Waals surface area (Å²) in [6.07, 6.45) is 0. The summed E-state index contributed by atoms with van der Waals surface area (Å²) in [7, 11) is 0. The fourth-order valence-electron chi connectivity index (χ4n) is 1.97. The van der Waals surface area contributed by atoms with Crippen molar-refractivity contribution in [1.29, 1.82) is 0 Å². The van der Waals surface area contributed by atoms with E-state index in [2.05, 4.69) is 21.2 Å². The molecule has 2 rings (SSSR count). The van der Waals surface area contributed by atoms with Gasteiger partial charge in [-0.15, -0.1) is 0 Å². The summed E-state index contributed by atoms with van der Waals surface area (Å²) in [6, 6.07) is 14.3. The van der Waals surface area contributed by atoms with Crippen molar-refractivity contribution in [2.24, 2.45) is 0 Å². The lowest BCUT2D eigenvalue weighted by atomic mass is 9.92. The van der Waals surface area contributed by atoms with E-state index in [9.17, 15) is 9.90 Å². The average molecular weight is 369 g/mol. The number of hydrogen-bond acceptors (Lipinski definition) is 2. The summed E-state index contributed by atoms with van der Waals surface area (Å²) in [6.45, 7) is 1.58. The molecule has 2 N–H and O–H groups in total. The Balaban J connectivity index is 2.26. The first-order valence-electron chi connectivity index (χ1n) is 6.40. The number of aliphatic hydroxyl groups is 1. The first-order chi connectivity index (χ1) is 9.96. The van der Waals surface area contributed by atoms with E-state index < -0.39 is 5.54 Å². The molecule has 0 bridgehead atoms. The van der Waals surface area contributed by atoms with E-state index in [0.717, 1.165) is 10.0 Å². The molecule has 5 heteroatoms. The molecule has 0 aromatic heterocycles. The van der Waals surface area contributed by atoms with E-state index in [0.29, 0.717) is 10.6 Å². The molecule has 0 aliphatic carbocycles. The molecule has 2 aromatic carbocycles. The van der Waals surface area contributed by atoms with Gasteiger partial charge in [0.05, 0.1) is 17.2 Å². The predicted octanol–water partition coefficient (Wildman–Crippen LogP) is 3.74. The highest BCUT2D eigenvalue weighted by atomic mass is 79.9. The van der Waals surface area contributed by atoms with E-state index in [4.69, 9.17) is 11.6 Å². The predicted molar refractivity (Wildman–Crippen MR) is 87.5 cm³/mol. The minimum Gasteiger partial charge on any atom is -0.394 e. The third-order valence-corrected chi connectivity index (χ3v) is 4.53. The summed E-state index contributed by atoms with van der Waals surface area (Å²) in [4.78, 5) is 12.4. The van der Waals surface area contributed by atoms with Gasteiger partial charge in [0.15, 0.2) is 0 Å². The van der Waals surface area contributed by atoms with Gasteiger partial charge >= 0.3 is 0 Å². The quantitative estimate of drug-likeness (QED) is 0.863. The number of benzene rings is 2. The fraction of sp³-hybridized carbons (Fsp3) is 0.188. The summed E-state index contributed by atoms with van der Waals surface area (Å²) in [5.74, 6) is -0.287. The molecule has 3 nitrogen and oxygen atoms in total. The zero-order valence-electron chi connectivity index (χ0n) is 11.4. The van der Waals surface area contributed by atoms with Crippen LogP contribution in [0.3, 0.4) is 0 Å². The highest BCUT2D eigenvalue weighted by Gasteiger charge is 2.28. The molecule has 2 aromatic rings. The van der Waals surface area contributed by atoms with Crippen molar-refractivity contribution in [2.75, 3.05) is 6.61 Å². The van der Waals surface area contributed by atoms with Crippen LogP contribution in [-0.4, -0.2) is 17.6 Å². The Morgan fingerprint density at radius 2 is 1.95 bits per heavy atom. The minimum absolute atomic E-state index is 0.201. The first-order valence-corrected chi connectivity index (χ1v) is 7.57. The Labute approximate surface area is 137 Å². The van der Waals surface area contributed by atoms with Crippen molar-refractivity contribution in [3.8, 4) is 0 Å². The largest absolute Gasteiger partial charge is 0.394 e. The molecular weight excluding hydrogens is 354 g/mol. The Morgan fingerprint density at radius 3 is 2.52 bits per heavy atom. The maximum Gasteiger partial charge on any atom is 0.252 e. The molecule has 1 unspecified atom stereocenters. The second-order valence-electron chi connectivity index (χ2n) is 4.94. The molecule has 1 atom stereocenters. The van der Waals surface area contributed by atoms with Crippen molar-refractivity contribution in [1.82, 2.24) is 5.32 Å². The number of halogens is 2. The van der Waals surface area contributed by atoms with E-state index in [1.54, 1.807) is 25.1 Å². The summed E-state index contributed by atoms with van der Waals surface area (Å²) >= 11 is 9.29. The van der Waals surface area contributed by atoms with Crippen molar-refractivity contribution in [3.05, 3.63) is 69.2 Å². The number of amides is 1. The molecule has 0 saturated carbocycles. The lowest BCUT2D eigenvalue weighted by molar-refractivity contribution is 0.0849. The maximum absolute atomic E-state index is 12.4. The lowest BCUT2D eigenvalue weighted by Crippen LogP contribution is -2.46. The van der Waals surface area contributed by atoms with Crippen LogP contribution in [0.1, 0.15) is 22.8 Å². The van der Waals surface area contributed by atoms with Crippen molar-refractivity contribution in [2.45, 2.75) is 12.5 Å². The second-order valence-corrected chi connectivity index (χ2v) is 6.20. The van der Waals surface area contributed by atoms with Gasteiger partial charge in [0.25, 0.3) is 5.91 Å². The van der Waals surface area contributed by atoms with E-state index in [-0.39, 0.29) is 12.5 Å². The Morgan fingerprint density at radius 1 is 1.29 bits per heavy atom. The molecule has 0 heterocycles. The van der Waals surface area contributed by atoms with Crippen LogP contribution in [-0.2, 0) is 5.54 Å². The first kappa shape index (κ1) is 16.0. The molecular formula is C16H15BrClNO2. The summed E-state index contributed by atoms with van der Waals surface area (Å²) in [5.41, 5.74) is 0.431. The van der Waals surface area contributed by atoms with Crippen LogP contribution in [0.2, 0.25) is 5.02 Å². The van der Waals surface area contributed by atoms with Crippen LogP contribution in [0.4, 0.5) is 0 Å². The van der Waals surface area contributed by atoms with Crippen LogP contribution in [0.25, 0.3) is 0 Å². The smallest absolute Gasteiger partial charge is 0.252 e. The van der Waals surface area contributed by atoms with Crippen molar-refractivity contribution < 1.29 is 9.90 Å². The van der Waals surface area contributed by atoms with Crippen LogP contribution in [0.15, 0.2) is 53.0 Å². The number of carbonyl (C=O) groups excluding carboxylic acids is 1. The molecule has 0 aliphatic rings. The third-order valence-electron chi connectivity index (χ3n) is 3.30. The minimum atomic E-state index is -0.849. The highest BCUT2D eigenvalue weighted by Crippen LogP contribution is 2.25. The maximum atomic E-state index is 12.4. The molecule has 0 radical (unpaired) electrons. The van der Waals surface area contributed by atoms with Gasteiger partial charge in [-0.3, -0.25) is 4.79 Å². The molecule has 1 amide bonds. The topological polar surface area (TPSA) is 49.3 Å². The number of hydrogen-bond donors (Lipinski definition) is 2. The van der Waals surface area contributed by atoms with Gasteiger partial charge in [-0.1, -0.05) is 41.9 Å². The standard InChI is InChI=1S/C16H15BrClNO2/c1-16(10-20,12-5-3-2-4-6-12)19-15(21)11-7-8-13(17)14(18)9-11/h2-9,20H,10H2,1H3,(H,19,21). The van der Waals surface area contributed by atoms with Gasteiger partial charge in [0, 0.05) is 10.0 Å². The van der Waals surface area contributed by atoms with Crippen molar-refractivity contribution >= 4 is 33.4 Å². The monoisotopic (exact) mass is 367 g/mol. The summed E-state index contributed by atoms with van der Waals surface area (Å²) < 4.78 is 0.730. The van der Waals surface area contributed by atoms with Crippen molar-refractivity contribution in [3.63, 3.8) is 0 Å². The van der Waals surface area contributed by atoms with E-state index in [1.165, 1.54) is 0 Å². The molecule has 110 valence electrons. The van der Waals surface area contributed by atoms with Crippen LogP contribution >= 0.6 is 27.5 Å². The average Bonchev–Trinajstić information content (AvgIpc) is 2.50. The molecule has 0 fully saturated rings. The van der Waals surface area contributed by atoms with Gasteiger partial charge in [-0.2, -0.15) is 0 Å². The van der Waals surface area contributed by atoms with Crippen LogP contribution in [0.5, 0.6) is 0 Å². The fourth-order valence-corrected chi connectivity index (χ4v) is 2.40. The zero-order valence-corrected chi connectivity index (χ0v) is 13.8. The second kappa shape index (κ2) is 6.60. The van der Waals surface area contributed by atoms with Gasteiger partial charge in [0.2, 0.25) is 0 Å². The zero-order chi connectivity index (χ0) is 15.5. The molecule has 0 aliphatic heterocycles. The Kier molecular flexibility index (Phi) is 5.04. The number of carbonyl (C=O) groups is 1. The number of aliphatic hydroxyl groups excluding tert-OH is 1. The van der Waals surface area contributed by atoms with Gasteiger partial charge in [-0.25, -0.2) is 0 Å². The Bertz CT molecular complexity index is 648. The molecule has 21 heavy (non-hydrogen) atoms. The Hall–Kier alpha value is -1.36. The van der Waals surface area contributed by atoms with Gasteiger partial charge in [-0.05, 0) is 46.6 Å². The van der Waals surface area contributed by atoms with Crippen LogP contribution < -0.4 is 5.32 Å². The number of rotatable bonds is 4. The normalized spacial score (nSPS) is 13.5. The van der Waals surface area contributed by atoms with Gasteiger partial charge < -0.3 is 10.4 Å². The van der Waals surface area contributed by atoms with Gasteiger partial charge in [0.1, 0.15) is 0 Å². The summed E-state index contributed by atoms with van der Waals surface area (Å²) in [5, 5.41) is 13.0. The van der Waals surface area contributed by atoms with Crippen LogP contribution in [0, 0.1) is 0 Å².